The van der Waals surface area contributed by atoms with Gasteiger partial charge in [-0.15, -0.1) is 0 Å². The number of fused-ring (bicyclic) bond motifs is 2. The molecular weight excluding hydrogens is 514 g/mol. The SMILES string of the molecule is O=C(Nc1cncc(-c2ncc3[nH]nc(-c4nc5c(-c6ccccc6F)cncc5[nH]4)c3c2F)c1)C1CCCC1. The molecule has 1 aromatic carbocycles. The van der Waals surface area contributed by atoms with Crippen molar-refractivity contribution in [1.29, 1.82) is 0 Å². The molecule has 0 radical (unpaired) electrons. The largest absolute Gasteiger partial charge is 0.335 e. The number of pyridine rings is 3. The Morgan fingerprint density at radius 3 is 2.60 bits per heavy atom. The molecule has 6 aromatic rings. The number of aromatic amines is 2. The van der Waals surface area contributed by atoms with Crippen LogP contribution >= 0.6 is 0 Å². The molecule has 11 heteroatoms. The van der Waals surface area contributed by atoms with Crippen LogP contribution in [0.4, 0.5) is 14.5 Å². The number of halogens is 2. The Balaban J connectivity index is 1.29. The highest BCUT2D eigenvalue weighted by Crippen LogP contribution is 2.35. The van der Waals surface area contributed by atoms with Gasteiger partial charge in [-0.05, 0) is 25.0 Å². The Hall–Kier alpha value is -5.06. The van der Waals surface area contributed by atoms with E-state index >= 15 is 4.39 Å². The molecular formula is C29H22F2N8O. The average molecular weight is 537 g/mol. The molecule has 9 nitrogen and oxygen atoms in total. The zero-order valence-corrected chi connectivity index (χ0v) is 21.1. The van der Waals surface area contributed by atoms with Crippen LogP contribution in [0.15, 0.2) is 61.3 Å². The van der Waals surface area contributed by atoms with Crippen LogP contribution in [0.5, 0.6) is 0 Å². The van der Waals surface area contributed by atoms with Crippen molar-refractivity contribution < 1.29 is 13.6 Å². The van der Waals surface area contributed by atoms with E-state index in [4.69, 9.17) is 0 Å². The standard InChI is InChI=1S/C29H22F2N8O/c30-20-8-4-3-7-18(20)19-12-33-13-22-26(19)37-28(36-22)27-23-21(38-39-27)14-34-25(24(23)31)16-9-17(11-32-10-16)35-29(40)15-5-1-2-6-15/h3-4,7-15H,1-2,5-6H2,(H,35,40)(H,36,37)(H,38,39). The highest BCUT2D eigenvalue weighted by atomic mass is 19.1. The van der Waals surface area contributed by atoms with Gasteiger partial charge in [0, 0.05) is 35.0 Å². The number of nitrogens with one attached hydrogen (secondary N) is 3. The zero-order valence-electron chi connectivity index (χ0n) is 21.1. The lowest BCUT2D eigenvalue weighted by atomic mass is 10.1. The van der Waals surface area contributed by atoms with Gasteiger partial charge in [-0.3, -0.25) is 24.8 Å². The predicted octanol–water partition coefficient (Wildman–Crippen LogP) is 6.03. The van der Waals surface area contributed by atoms with E-state index in [1.165, 1.54) is 24.7 Å². The van der Waals surface area contributed by atoms with E-state index in [1.54, 1.807) is 36.7 Å². The fourth-order valence-electron chi connectivity index (χ4n) is 5.34. The van der Waals surface area contributed by atoms with Crippen LogP contribution < -0.4 is 5.32 Å². The molecule has 0 atom stereocenters. The van der Waals surface area contributed by atoms with Gasteiger partial charge in [-0.25, -0.2) is 13.8 Å². The Kier molecular flexibility index (Phi) is 5.76. The molecule has 0 aliphatic heterocycles. The monoisotopic (exact) mass is 536 g/mol. The van der Waals surface area contributed by atoms with Crippen molar-refractivity contribution >= 4 is 33.5 Å². The average Bonchev–Trinajstić information content (AvgIpc) is 3.73. The maximum Gasteiger partial charge on any atom is 0.227 e. The van der Waals surface area contributed by atoms with Crippen molar-refractivity contribution in [2.75, 3.05) is 5.32 Å². The summed E-state index contributed by atoms with van der Waals surface area (Å²) in [5, 5.41) is 10.2. The number of rotatable bonds is 5. The number of imidazole rings is 1. The Labute approximate surface area is 226 Å². The van der Waals surface area contributed by atoms with Crippen molar-refractivity contribution in [3.05, 3.63) is 73.0 Å². The molecule has 5 heterocycles. The van der Waals surface area contributed by atoms with Gasteiger partial charge in [0.15, 0.2) is 11.6 Å². The van der Waals surface area contributed by atoms with Crippen LogP contribution in [0.1, 0.15) is 25.7 Å². The Bertz CT molecular complexity index is 1910. The highest BCUT2D eigenvalue weighted by Gasteiger charge is 2.24. The lowest BCUT2D eigenvalue weighted by Gasteiger charge is -2.11. The van der Waals surface area contributed by atoms with Crippen LogP contribution in [-0.2, 0) is 4.79 Å². The second-order valence-electron chi connectivity index (χ2n) is 9.86. The van der Waals surface area contributed by atoms with Gasteiger partial charge in [-0.2, -0.15) is 5.10 Å². The number of amides is 1. The number of aromatic nitrogens is 7. The summed E-state index contributed by atoms with van der Waals surface area (Å²) in [6, 6.07) is 8.03. The molecule has 0 unspecified atom stereocenters. The molecule has 0 bridgehead atoms. The summed E-state index contributed by atoms with van der Waals surface area (Å²) in [4.78, 5) is 33.1. The lowest BCUT2D eigenvalue weighted by molar-refractivity contribution is -0.119. The molecule has 3 N–H and O–H groups in total. The van der Waals surface area contributed by atoms with Crippen molar-refractivity contribution in [3.63, 3.8) is 0 Å². The first-order chi connectivity index (χ1) is 19.6. The van der Waals surface area contributed by atoms with Gasteiger partial charge >= 0.3 is 0 Å². The Morgan fingerprint density at radius 2 is 1.75 bits per heavy atom. The summed E-state index contributed by atoms with van der Waals surface area (Å²) in [5.41, 5.74) is 3.46. The highest BCUT2D eigenvalue weighted by molar-refractivity contribution is 5.98. The smallest absolute Gasteiger partial charge is 0.227 e. The summed E-state index contributed by atoms with van der Waals surface area (Å²) in [6.45, 7) is 0. The number of H-pyrrole nitrogens is 2. The predicted molar refractivity (Wildman–Crippen MR) is 146 cm³/mol. The number of benzene rings is 1. The molecule has 198 valence electrons. The van der Waals surface area contributed by atoms with E-state index < -0.39 is 11.6 Å². The van der Waals surface area contributed by atoms with E-state index in [2.05, 4.69) is 40.4 Å². The van der Waals surface area contributed by atoms with Crippen LogP contribution in [0.25, 0.3) is 55.8 Å². The molecule has 1 aliphatic rings. The van der Waals surface area contributed by atoms with Gasteiger partial charge in [-0.1, -0.05) is 31.0 Å². The van der Waals surface area contributed by atoms with E-state index in [9.17, 15) is 9.18 Å². The number of nitrogens with zero attached hydrogens (tertiary/aromatic N) is 5. The fraction of sp³-hybridized carbons (Fsp3) is 0.172. The minimum Gasteiger partial charge on any atom is -0.335 e. The number of hydrogen-bond donors (Lipinski definition) is 3. The normalized spacial score (nSPS) is 13.8. The Morgan fingerprint density at radius 1 is 0.925 bits per heavy atom. The third-order valence-electron chi connectivity index (χ3n) is 7.33. The third-order valence-corrected chi connectivity index (χ3v) is 7.33. The summed E-state index contributed by atoms with van der Waals surface area (Å²) >= 11 is 0. The maximum absolute atomic E-state index is 16.1. The maximum atomic E-state index is 16.1. The van der Waals surface area contributed by atoms with E-state index in [0.29, 0.717) is 44.8 Å². The number of carbonyl (C=O) groups is 1. The second kappa shape index (κ2) is 9.60. The van der Waals surface area contributed by atoms with Crippen LogP contribution in [0, 0.1) is 17.6 Å². The van der Waals surface area contributed by atoms with Gasteiger partial charge < -0.3 is 10.3 Å². The summed E-state index contributed by atoms with van der Waals surface area (Å²) in [7, 11) is 0. The first-order valence-corrected chi connectivity index (χ1v) is 12.9. The molecule has 0 saturated heterocycles. The molecule has 40 heavy (non-hydrogen) atoms. The molecule has 7 rings (SSSR count). The number of hydrogen-bond acceptors (Lipinski definition) is 6. The summed E-state index contributed by atoms with van der Waals surface area (Å²) < 4.78 is 30.6. The van der Waals surface area contributed by atoms with Crippen LogP contribution in [0.3, 0.4) is 0 Å². The fourth-order valence-corrected chi connectivity index (χ4v) is 5.34. The first-order valence-electron chi connectivity index (χ1n) is 12.9. The van der Waals surface area contributed by atoms with E-state index in [1.807, 2.05) is 0 Å². The van der Waals surface area contributed by atoms with Crippen LogP contribution in [0.2, 0.25) is 0 Å². The molecule has 1 fully saturated rings. The quantitative estimate of drug-likeness (QED) is 0.247. The first kappa shape index (κ1) is 24.0. The minimum absolute atomic E-state index is 0.0127. The molecule has 1 saturated carbocycles. The summed E-state index contributed by atoms with van der Waals surface area (Å²) in [6.07, 6.45) is 11.5. The molecule has 5 aromatic heterocycles. The van der Waals surface area contributed by atoms with Gasteiger partial charge in [0.05, 0.1) is 40.7 Å². The molecule has 0 spiro atoms. The molecule has 1 aliphatic carbocycles. The number of carbonyl (C=O) groups excluding carboxylic acids is 1. The van der Waals surface area contributed by atoms with Gasteiger partial charge in [0.25, 0.3) is 0 Å². The van der Waals surface area contributed by atoms with E-state index in [0.717, 1.165) is 25.7 Å². The second-order valence-corrected chi connectivity index (χ2v) is 9.86. The van der Waals surface area contributed by atoms with Crippen molar-refractivity contribution in [1.82, 2.24) is 35.1 Å². The van der Waals surface area contributed by atoms with Gasteiger partial charge in [0.2, 0.25) is 5.91 Å². The topological polar surface area (TPSA) is 125 Å². The third kappa shape index (κ3) is 4.06. The molecule has 1 amide bonds. The van der Waals surface area contributed by atoms with Crippen LogP contribution in [-0.4, -0.2) is 41.0 Å². The van der Waals surface area contributed by atoms with Crippen molar-refractivity contribution in [2.24, 2.45) is 5.92 Å². The zero-order chi connectivity index (χ0) is 27.2. The van der Waals surface area contributed by atoms with Gasteiger partial charge in [0.1, 0.15) is 22.7 Å². The minimum atomic E-state index is -0.616. The van der Waals surface area contributed by atoms with E-state index in [-0.39, 0.29) is 28.6 Å². The lowest BCUT2D eigenvalue weighted by Crippen LogP contribution is -2.20. The summed E-state index contributed by atoms with van der Waals surface area (Å²) in [5.74, 6) is -0.787. The van der Waals surface area contributed by atoms with Crippen molar-refractivity contribution in [2.45, 2.75) is 25.7 Å². The number of anilines is 1. The van der Waals surface area contributed by atoms with Crippen molar-refractivity contribution in [3.8, 4) is 33.9 Å².